The Hall–Kier alpha value is -0.940. The Morgan fingerprint density at radius 1 is 1.44 bits per heavy atom. The van der Waals surface area contributed by atoms with E-state index in [9.17, 15) is 18.0 Å². The lowest BCUT2D eigenvalue weighted by Crippen LogP contribution is -2.05. The van der Waals surface area contributed by atoms with Gasteiger partial charge in [0.15, 0.2) is 5.12 Å². The summed E-state index contributed by atoms with van der Waals surface area (Å²) in [6.45, 7) is 1.43. The highest BCUT2D eigenvalue weighted by molar-refractivity contribution is 8.13. The first kappa shape index (κ1) is 15.1. The van der Waals surface area contributed by atoms with Crippen LogP contribution in [0, 0.1) is 0 Å². The summed E-state index contributed by atoms with van der Waals surface area (Å²) in [4.78, 5) is 10.6. The number of carbonyl (C=O) groups excluding carboxylic acids is 1. The maximum Gasteiger partial charge on any atom is 0.417 e. The van der Waals surface area contributed by atoms with Crippen LogP contribution in [0.15, 0.2) is 24.3 Å². The fourth-order valence-electron chi connectivity index (χ4n) is 1.21. The number of benzene rings is 1. The molecule has 6 heteroatoms. The topological polar surface area (TPSA) is 17.1 Å². The predicted molar refractivity (Wildman–Crippen MR) is 68.6 cm³/mol. The van der Waals surface area contributed by atoms with E-state index in [1.165, 1.54) is 25.1 Å². The largest absolute Gasteiger partial charge is 0.417 e. The summed E-state index contributed by atoms with van der Waals surface area (Å²) in [5, 5.41) is -0.357. The molecule has 0 aliphatic rings. The van der Waals surface area contributed by atoms with E-state index in [0.29, 0.717) is 11.3 Å². The molecule has 1 aromatic carbocycles. The number of hydrogen-bond donors (Lipinski definition) is 0. The fraction of sp³-hybridized carbons (Fsp3) is 0.250. The molecule has 0 spiro atoms. The lowest BCUT2D eigenvalue weighted by Gasteiger charge is -2.09. The minimum atomic E-state index is -4.46. The van der Waals surface area contributed by atoms with Crippen LogP contribution in [-0.2, 0) is 11.0 Å². The lowest BCUT2D eigenvalue weighted by molar-refractivity contribution is -0.137. The molecule has 0 unspecified atom stereocenters. The first-order valence-corrected chi connectivity index (χ1v) is 6.33. The van der Waals surface area contributed by atoms with Crippen molar-refractivity contribution in [2.24, 2.45) is 0 Å². The van der Waals surface area contributed by atoms with E-state index in [1.807, 2.05) is 0 Å². The zero-order chi connectivity index (χ0) is 13.8. The number of rotatable bonds is 3. The van der Waals surface area contributed by atoms with Crippen LogP contribution in [0.25, 0.3) is 6.08 Å². The molecular formula is C12H10ClF3OS. The maximum absolute atomic E-state index is 12.6. The van der Waals surface area contributed by atoms with Crippen molar-refractivity contribution in [3.8, 4) is 0 Å². The predicted octanol–water partition coefficient (Wildman–Crippen LogP) is 4.65. The molecule has 98 valence electrons. The van der Waals surface area contributed by atoms with Gasteiger partial charge in [0.1, 0.15) is 0 Å². The Balaban J connectivity index is 2.83. The Bertz CT molecular complexity index is 469. The van der Waals surface area contributed by atoms with Gasteiger partial charge < -0.3 is 0 Å². The molecule has 0 aliphatic carbocycles. The summed E-state index contributed by atoms with van der Waals surface area (Å²) in [6, 6.07) is 3.69. The third kappa shape index (κ3) is 4.74. The van der Waals surface area contributed by atoms with Crippen LogP contribution in [0.5, 0.6) is 0 Å². The highest BCUT2D eigenvalue weighted by Gasteiger charge is 2.33. The van der Waals surface area contributed by atoms with Gasteiger partial charge in [0.25, 0.3) is 0 Å². The molecule has 0 fully saturated rings. The standard InChI is InChI=1S/C12H10ClF3OS/c1-8(17)18-6-2-3-9-4-5-11(13)10(7-9)12(14,15)16/h2-5,7H,6H2,1H3. The van der Waals surface area contributed by atoms with Crippen molar-refractivity contribution in [3.63, 3.8) is 0 Å². The lowest BCUT2D eigenvalue weighted by atomic mass is 10.1. The summed E-state index contributed by atoms with van der Waals surface area (Å²) < 4.78 is 37.7. The normalized spacial score (nSPS) is 12.1. The Kier molecular flexibility index (Phi) is 5.28. The van der Waals surface area contributed by atoms with E-state index in [2.05, 4.69) is 0 Å². The van der Waals surface area contributed by atoms with Gasteiger partial charge in [-0.05, 0) is 17.7 Å². The molecule has 1 aromatic rings. The van der Waals surface area contributed by atoms with Crippen LogP contribution in [0.1, 0.15) is 18.1 Å². The quantitative estimate of drug-likeness (QED) is 0.807. The van der Waals surface area contributed by atoms with E-state index in [-0.39, 0.29) is 10.1 Å². The Labute approximate surface area is 112 Å². The zero-order valence-electron chi connectivity index (χ0n) is 9.42. The van der Waals surface area contributed by atoms with Crippen LogP contribution in [0.2, 0.25) is 5.02 Å². The van der Waals surface area contributed by atoms with E-state index < -0.39 is 11.7 Å². The minimum Gasteiger partial charge on any atom is -0.288 e. The summed E-state index contributed by atoms with van der Waals surface area (Å²) >= 11 is 6.58. The molecule has 0 aromatic heterocycles. The molecule has 0 N–H and O–H groups in total. The van der Waals surface area contributed by atoms with Crippen molar-refractivity contribution in [3.05, 3.63) is 40.4 Å². The van der Waals surface area contributed by atoms with E-state index in [1.54, 1.807) is 6.08 Å². The highest BCUT2D eigenvalue weighted by Crippen LogP contribution is 2.35. The Morgan fingerprint density at radius 3 is 2.67 bits per heavy atom. The second-order valence-electron chi connectivity index (χ2n) is 3.44. The first-order valence-electron chi connectivity index (χ1n) is 4.97. The fourth-order valence-corrected chi connectivity index (χ4v) is 1.87. The number of carbonyl (C=O) groups is 1. The number of alkyl halides is 3. The SMILES string of the molecule is CC(=O)SCC=Cc1ccc(Cl)c(C(F)(F)F)c1. The minimum absolute atomic E-state index is 0.0354. The van der Waals surface area contributed by atoms with Crippen LogP contribution in [-0.4, -0.2) is 10.9 Å². The van der Waals surface area contributed by atoms with Crippen molar-refractivity contribution in [2.45, 2.75) is 13.1 Å². The van der Waals surface area contributed by atoms with Crippen molar-refractivity contribution < 1.29 is 18.0 Å². The summed E-state index contributed by atoms with van der Waals surface area (Å²) in [5.41, 5.74) is -0.457. The molecule has 18 heavy (non-hydrogen) atoms. The smallest absolute Gasteiger partial charge is 0.288 e. The maximum atomic E-state index is 12.6. The molecule has 0 aliphatic heterocycles. The molecule has 0 saturated heterocycles. The van der Waals surface area contributed by atoms with Gasteiger partial charge in [-0.1, -0.05) is 41.6 Å². The van der Waals surface area contributed by atoms with Gasteiger partial charge in [-0.3, -0.25) is 4.79 Å². The van der Waals surface area contributed by atoms with Crippen LogP contribution in [0.3, 0.4) is 0 Å². The summed E-state index contributed by atoms with van der Waals surface area (Å²) in [7, 11) is 0. The van der Waals surface area contributed by atoms with Crippen molar-refractivity contribution in [1.82, 2.24) is 0 Å². The monoisotopic (exact) mass is 294 g/mol. The summed E-state index contributed by atoms with van der Waals surface area (Å²) in [5.74, 6) is 0.430. The van der Waals surface area contributed by atoms with Gasteiger partial charge in [0.05, 0.1) is 10.6 Å². The first-order chi connectivity index (χ1) is 8.30. The van der Waals surface area contributed by atoms with Crippen LogP contribution in [0.4, 0.5) is 13.2 Å². The van der Waals surface area contributed by atoms with E-state index >= 15 is 0 Å². The van der Waals surface area contributed by atoms with Gasteiger partial charge in [-0.2, -0.15) is 13.2 Å². The molecule has 0 heterocycles. The number of halogens is 4. The molecule has 0 saturated carbocycles. The van der Waals surface area contributed by atoms with Gasteiger partial charge in [0, 0.05) is 12.7 Å². The van der Waals surface area contributed by atoms with E-state index in [4.69, 9.17) is 11.6 Å². The second kappa shape index (κ2) is 6.29. The molecule has 0 amide bonds. The number of hydrogen-bond acceptors (Lipinski definition) is 2. The van der Waals surface area contributed by atoms with Crippen LogP contribution < -0.4 is 0 Å². The molecular weight excluding hydrogens is 285 g/mol. The molecule has 1 nitrogen and oxygen atoms in total. The Morgan fingerprint density at radius 2 is 2.11 bits per heavy atom. The van der Waals surface area contributed by atoms with Crippen LogP contribution >= 0.6 is 23.4 Å². The third-order valence-electron chi connectivity index (χ3n) is 1.99. The highest BCUT2D eigenvalue weighted by atomic mass is 35.5. The van der Waals surface area contributed by atoms with Crippen molar-refractivity contribution in [2.75, 3.05) is 5.75 Å². The molecule has 0 atom stereocenters. The average Bonchev–Trinajstić information content (AvgIpc) is 2.24. The summed E-state index contributed by atoms with van der Waals surface area (Å²) in [6.07, 6.45) is -1.30. The van der Waals surface area contributed by atoms with Gasteiger partial charge in [-0.15, -0.1) is 0 Å². The third-order valence-corrected chi connectivity index (χ3v) is 3.08. The van der Waals surface area contributed by atoms with Gasteiger partial charge >= 0.3 is 6.18 Å². The average molecular weight is 295 g/mol. The van der Waals surface area contributed by atoms with Crippen molar-refractivity contribution in [1.29, 1.82) is 0 Å². The second-order valence-corrected chi connectivity index (χ2v) is 5.05. The molecule has 1 rings (SSSR count). The number of thioether (sulfide) groups is 1. The van der Waals surface area contributed by atoms with E-state index in [0.717, 1.165) is 17.8 Å². The van der Waals surface area contributed by atoms with Gasteiger partial charge in [0.2, 0.25) is 0 Å². The zero-order valence-corrected chi connectivity index (χ0v) is 11.0. The van der Waals surface area contributed by atoms with Crippen molar-refractivity contribution >= 4 is 34.6 Å². The van der Waals surface area contributed by atoms with Gasteiger partial charge in [-0.25, -0.2) is 0 Å². The molecule has 0 radical (unpaired) electrons. The molecule has 0 bridgehead atoms.